The average Bonchev–Trinajstić information content (AvgIpc) is 2.20. The zero-order chi connectivity index (χ0) is 11.1. The molecule has 0 spiro atoms. The summed E-state index contributed by atoms with van der Waals surface area (Å²) in [6.07, 6.45) is 2.93. The first-order valence-corrected chi connectivity index (χ1v) is 6.30. The highest BCUT2D eigenvalue weighted by Crippen LogP contribution is 2.09. The van der Waals surface area contributed by atoms with Gasteiger partial charge in [-0.25, -0.2) is 0 Å². The van der Waals surface area contributed by atoms with Gasteiger partial charge < -0.3 is 10.1 Å². The van der Waals surface area contributed by atoms with Crippen molar-refractivity contribution < 1.29 is 4.74 Å². The predicted molar refractivity (Wildman–Crippen MR) is 64.2 cm³/mol. The highest BCUT2D eigenvalue weighted by molar-refractivity contribution is 4.79. The molecule has 0 aromatic rings. The third kappa shape index (κ3) is 4.96. The van der Waals surface area contributed by atoms with Crippen molar-refractivity contribution in [2.45, 2.75) is 45.8 Å². The van der Waals surface area contributed by atoms with Crippen molar-refractivity contribution >= 4 is 0 Å². The van der Waals surface area contributed by atoms with Gasteiger partial charge in [0.15, 0.2) is 0 Å². The second-order valence-corrected chi connectivity index (χ2v) is 4.60. The topological polar surface area (TPSA) is 24.5 Å². The molecule has 15 heavy (non-hydrogen) atoms. The molecule has 0 aliphatic carbocycles. The lowest BCUT2D eigenvalue weighted by molar-refractivity contribution is 0.0418. The summed E-state index contributed by atoms with van der Waals surface area (Å²) in [5.41, 5.74) is 0. The Morgan fingerprint density at radius 2 is 2.27 bits per heavy atom. The summed E-state index contributed by atoms with van der Waals surface area (Å²) < 4.78 is 5.61. The van der Waals surface area contributed by atoms with Crippen LogP contribution in [0.15, 0.2) is 0 Å². The Balaban J connectivity index is 2.23. The van der Waals surface area contributed by atoms with E-state index >= 15 is 0 Å². The van der Waals surface area contributed by atoms with E-state index in [-0.39, 0.29) is 0 Å². The van der Waals surface area contributed by atoms with Crippen LogP contribution in [0.5, 0.6) is 0 Å². The van der Waals surface area contributed by atoms with Gasteiger partial charge >= 0.3 is 0 Å². The van der Waals surface area contributed by atoms with E-state index in [2.05, 4.69) is 31.0 Å². The molecule has 0 aromatic heterocycles. The summed E-state index contributed by atoms with van der Waals surface area (Å²) in [6, 6.07) is 0.722. The lowest BCUT2D eigenvalue weighted by Crippen LogP contribution is -2.52. The van der Waals surface area contributed by atoms with E-state index in [1.165, 1.54) is 19.4 Å². The van der Waals surface area contributed by atoms with Gasteiger partial charge in [-0.15, -0.1) is 0 Å². The van der Waals surface area contributed by atoms with Crippen LogP contribution < -0.4 is 5.32 Å². The highest BCUT2D eigenvalue weighted by atomic mass is 16.5. The number of rotatable bonds is 6. The van der Waals surface area contributed by atoms with Gasteiger partial charge in [0.05, 0.1) is 12.7 Å². The number of nitrogens with one attached hydrogen (secondary N) is 1. The van der Waals surface area contributed by atoms with E-state index in [1.54, 1.807) is 0 Å². The van der Waals surface area contributed by atoms with Gasteiger partial charge in [-0.1, -0.05) is 13.3 Å². The minimum absolute atomic E-state index is 0.359. The molecule has 1 unspecified atom stereocenters. The molecule has 1 aliphatic rings. The van der Waals surface area contributed by atoms with Gasteiger partial charge in [0.2, 0.25) is 0 Å². The molecule has 0 amide bonds. The Hall–Kier alpha value is -0.120. The van der Waals surface area contributed by atoms with Crippen LogP contribution in [0, 0.1) is 0 Å². The van der Waals surface area contributed by atoms with Gasteiger partial charge in [0, 0.05) is 32.2 Å². The fourth-order valence-corrected chi connectivity index (χ4v) is 2.12. The largest absolute Gasteiger partial charge is 0.377 e. The summed E-state index contributed by atoms with van der Waals surface area (Å²) in [5, 5.41) is 3.47. The Morgan fingerprint density at radius 3 is 2.93 bits per heavy atom. The minimum Gasteiger partial charge on any atom is -0.377 e. The quantitative estimate of drug-likeness (QED) is 0.725. The van der Waals surface area contributed by atoms with Gasteiger partial charge in [0.25, 0.3) is 0 Å². The average molecular weight is 214 g/mol. The second kappa shape index (κ2) is 7.20. The number of ether oxygens (including phenoxy) is 1. The molecule has 1 atom stereocenters. The maximum Gasteiger partial charge on any atom is 0.0597 e. The van der Waals surface area contributed by atoms with E-state index in [0.29, 0.717) is 6.10 Å². The molecular formula is C12H26N2O. The molecule has 3 nitrogen and oxygen atoms in total. The van der Waals surface area contributed by atoms with Crippen molar-refractivity contribution in [3.05, 3.63) is 0 Å². The van der Waals surface area contributed by atoms with E-state index in [1.807, 2.05) is 0 Å². The molecule has 3 heteroatoms. The van der Waals surface area contributed by atoms with Crippen molar-refractivity contribution in [2.75, 3.05) is 32.8 Å². The lowest BCUT2D eigenvalue weighted by atomic mass is 10.1. The molecule has 1 saturated heterocycles. The summed E-state index contributed by atoms with van der Waals surface area (Å²) >= 11 is 0. The van der Waals surface area contributed by atoms with Crippen LogP contribution in [0.1, 0.15) is 33.6 Å². The van der Waals surface area contributed by atoms with Crippen LogP contribution in [0.3, 0.4) is 0 Å². The zero-order valence-corrected chi connectivity index (χ0v) is 10.5. The molecule has 1 fully saturated rings. The summed E-state index contributed by atoms with van der Waals surface area (Å²) in [5.74, 6) is 0. The molecule has 1 heterocycles. The van der Waals surface area contributed by atoms with Crippen molar-refractivity contribution in [3.63, 3.8) is 0 Å². The standard InChI is InChI=1S/C12H26N2O/c1-4-5-12-10-13-6-7-14(12)8-9-15-11(2)3/h11-13H,4-10H2,1-3H3. The van der Waals surface area contributed by atoms with Crippen LogP contribution >= 0.6 is 0 Å². The van der Waals surface area contributed by atoms with E-state index in [0.717, 1.165) is 32.3 Å². The van der Waals surface area contributed by atoms with Crippen LogP contribution in [0.4, 0.5) is 0 Å². The van der Waals surface area contributed by atoms with Gasteiger partial charge in [-0.05, 0) is 20.3 Å². The molecule has 90 valence electrons. The van der Waals surface area contributed by atoms with Crippen LogP contribution in [-0.2, 0) is 4.74 Å². The first-order valence-electron chi connectivity index (χ1n) is 6.30. The molecule has 0 bridgehead atoms. The van der Waals surface area contributed by atoms with E-state index in [9.17, 15) is 0 Å². The molecule has 0 aromatic carbocycles. The Kier molecular flexibility index (Phi) is 6.22. The Bertz CT molecular complexity index is 160. The molecule has 1 aliphatic heterocycles. The van der Waals surface area contributed by atoms with Crippen molar-refractivity contribution in [3.8, 4) is 0 Å². The number of hydrogen-bond acceptors (Lipinski definition) is 3. The monoisotopic (exact) mass is 214 g/mol. The maximum atomic E-state index is 5.61. The predicted octanol–water partition coefficient (Wildman–Crippen LogP) is 1.49. The molecule has 0 radical (unpaired) electrons. The summed E-state index contributed by atoms with van der Waals surface area (Å²) in [4.78, 5) is 2.57. The first kappa shape index (κ1) is 12.9. The van der Waals surface area contributed by atoms with Gasteiger partial charge in [0.1, 0.15) is 0 Å². The lowest BCUT2D eigenvalue weighted by Gasteiger charge is -2.36. The van der Waals surface area contributed by atoms with Gasteiger partial charge in [-0.2, -0.15) is 0 Å². The Labute approximate surface area is 94.2 Å². The normalized spacial score (nSPS) is 23.6. The van der Waals surface area contributed by atoms with Crippen LogP contribution in [-0.4, -0.2) is 49.8 Å². The highest BCUT2D eigenvalue weighted by Gasteiger charge is 2.20. The summed E-state index contributed by atoms with van der Waals surface area (Å²) in [6.45, 7) is 11.9. The summed E-state index contributed by atoms with van der Waals surface area (Å²) in [7, 11) is 0. The number of nitrogens with zero attached hydrogens (tertiary/aromatic N) is 1. The second-order valence-electron chi connectivity index (χ2n) is 4.60. The molecule has 1 N–H and O–H groups in total. The van der Waals surface area contributed by atoms with Crippen molar-refractivity contribution in [1.82, 2.24) is 10.2 Å². The van der Waals surface area contributed by atoms with Crippen LogP contribution in [0.25, 0.3) is 0 Å². The third-order valence-electron chi connectivity index (χ3n) is 2.92. The Morgan fingerprint density at radius 1 is 1.47 bits per heavy atom. The molecule has 1 rings (SSSR count). The first-order chi connectivity index (χ1) is 7.24. The zero-order valence-electron chi connectivity index (χ0n) is 10.5. The SMILES string of the molecule is CCCC1CNCCN1CCOC(C)C. The third-order valence-corrected chi connectivity index (χ3v) is 2.92. The van der Waals surface area contributed by atoms with E-state index < -0.39 is 0 Å². The van der Waals surface area contributed by atoms with Crippen molar-refractivity contribution in [1.29, 1.82) is 0 Å². The van der Waals surface area contributed by atoms with Crippen LogP contribution in [0.2, 0.25) is 0 Å². The molecule has 0 saturated carbocycles. The minimum atomic E-state index is 0.359. The molecular weight excluding hydrogens is 188 g/mol. The number of hydrogen-bond donors (Lipinski definition) is 1. The van der Waals surface area contributed by atoms with E-state index in [4.69, 9.17) is 4.74 Å². The fraction of sp³-hybridized carbons (Fsp3) is 1.00. The number of piperazine rings is 1. The van der Waals surface area contributed by atoms with Gasteiger partial charge in [-0.3, -0.25) is 4.90 Å². The fourth-order valence-electron chi connectivity index (χ4n) is 2.12. The smallest absolute Gasteiger partial charge is 0.0597 e. The maximum absolute atomic E-state index is 5.61. The van der Waals surface area contributed by atoms with Crippen molar-refractivity contribution in [2.24, 2.45) is 0 Å².